The van der Waals surface area contributed by atoms with Crippen LogP contribution >= 0.6 is 11.6 Å². The molecule has 2 heterocycles. The quantitative estimate of drug-likeness (QED) is 0.364. The highest BCUT2D eigenvalue weighted by Gasteiger charge is 2.41. The van der Waals surface area contributed by atoms with E-state index in [0.717, 1.165) is 29.7 Å². The Morgan fingerprint density at radius 3 is 2.49 bits per heavy atom. The molecule has 8 heteroatoms. The number of nitrogens with two attached hydrogens (primary N) is 1. The van der Waals surface area contributed by atoms with Gasteiger partial charge in [-0.05, 0) is 81.2 Å². The van der Waals surface area contributed by atoms with Gasteiger partial charge in [-0.1, -0.05) is 48.0 Å². The Morgan fingerprint density at radius 1 is 1.09 bits per heavy atom. The van der Waals surface area contributed by atoms with Crippen molar-refractivity contribution >= 4 is 23.2 Å². The molecule has 2 N–H and O–H groups in total. The van der Waals surface area contributed by atoms with Gasteiger partial charge in [0.15, 0.2) is 5.69 Å². The fraction of sp³-hybridized carbons (Fsp3) is 0.444. The van der Waals surface area contributed by atoms with Crippen LogP contribution in [0.3, 0.4) is 0 Å². The monoisotopic (exact) mass is 504 g/mol. The van der Waals surface area contributed by atoms with Gasteiger partial charge in [-0.3, -0.25) is 0 Å². The van der Waals surface area contributed by atoms with Crippen LogP contribution in [0, 0.1) is 19.8 Å². The van der Waals surface area contributed by atoms with E-state index in [9.17, 15) is 13.2 Å². The van der Waals surface area contributed by atoms with Crippen LogP contribution in [-0.4, -0.2) is 22.6 Å². The summed E-state index contributed by atoms with van der Waals surface area (Å²) < 4.78 is 44.4. The van der Waals surface area contributed by atoms with Gasteiger partial charge in [-0.15, -0.1) is 0 Å². The Kier molecular flexibility index (Phi) is 7.77. The minimum atomic E-state index is -4.54. The lowest BCUT2D eigenvalue weighted by molar-refractivity contribution is -0.141. The van der Waals surface area contributed by atoms with Crippen molar-refractivity contribution in [2.75, 3.05) is 18.0 Å². The number of rotatable bonds is 8. The Morgan fingerprint density at radius 2 is 1.83 bits per heavy atom. The summed E-state index contributed by atoms with van der Waals surface area (Å²) in [6.07, 6.45) is -1.30. The Bertz CT molecular complexity index is 1130. The van der Waals surface area contributed by atoms with Crippen molar-refractivity contribution in [3.63, 3.8) is 0 Å². The zero-order chi connectivity index (χ0) is 25.2. The van der Waals surface area contributed by atoms with Crippen LogP contribution in [0.2, 0.25) is 5.02 Å². The predicted octanol–water partition coefficient (Wildman–Crippen LogP) is 6.85. The second-order valence-corrected chi connectivity index (χ2v) is 9.85. The minimum absolute atomic E-state index is 0.0298. The number of nitrogens with zero attached hydrogens (tertiary/aromatic N) is 3. The molecular formula is C27H32ClF3N4. The van der Waals surface area contributed by atoms with Crippen molar-refractivity contribution in [2.45, 2.75) is 58.7 Å². The molecule has 4 nitrogen and oxygen atoms in total. The summed E-state index contributed by atoms with van der Waals surface area (Å²) in [6.45, 7) is 5.39. The van der Waals surface area contributed by atoms with Crippen LogP contribution in [0.5, 0.6) is 0 Å². The molecule has 2 aromatic carbocycles. The second kappa shape index (κ2) is 10.6. The summed E-state index contributed by atoms with van der Waals surface area (Å²) in [5.41, 5.74) is 9.17. The Labute approximate surface area is 209 Å². The van der Waals surface area contributed by atoms with E-state index in [2.05, 4.69) is 4.98 Å². The standard InChI is InChI=1S/C27H32ClF3N4/c1-18-15-19(2)24(22(28)16-18)35-14-6-13-34-23(25(27(29,30)31)33-26(34)35)17-21(11-12-32)10-9-20-7-4-3-5-8-20/h3-5,7-8,15-16,21H,6,9-14,17,32H2,1-2H3. The van der Waals surface area contributed by atoms with E-state index in [-0.39, 0.29) is 11.6 Å². The van der Waals surface area contributed by atoms with Crippen molar-refractivity contribution in [3.8, 4) is 0 Å². The maximum Gasteiger partial charge on any atom is 0.435 e. The van der Waals surface area contributed by atoms with Crippen LogP contribution < -0.4 is 10.6 Å². The number of halogens is 4. The summed E-state index contributed by atoms with van der Waals surface area (Å²) in [6, 6.07) is 13.9. The highest BCUT2D eigenvalue weighted by Crippen LogP contribution is 2.42. The third kappa shape index (κ3) is 5.67. The van der Waals surface area contributed by atoms with Gasteiger partial charge in [0, 0.05) is 13.1 Å². The first-order chi connectivity index (χ1) is 16.7. The maximum absolute atomic E-state index is 14.2. The Balaban J connectivity index is 1.71. The molecule has 3 aromatic rings. The maximum atomic E-state index is 14.2. The molecule has 0 fully saturated rings. The van der Waals surface area contributed by atoms with Crippen molar-refractivity contribution in [1.82, 2.24) is 9.55 Å². The first-order valence-corrected chi connectivity index (χ1v) is 12.5. The van der Waals surface area contributed by atoms with E-state index < -0.39 is 11.9 Å². The van der Waals surface area contributed by atoms with E-state index in [4.69, 9.17) is 17.3 Å². The molecule has 0 spiro atoms. The molecule has 4 rings (SSSR count). The lowest BCUT2D eigenvalue weighted by Gasteiger charge is -2.32. The number of fused-ring (bicyclic) bond motifs is 1. The highest BCUT2D eigenvalue weighted by atomic mass is 35.5. The second-order valence-electron chi connectivity index (χ2n) is 9.45. The molecule has 0 saturated carbocycles. The number of aromatic nitrogens is 2. The number of hydrogen-bond donors (Lipinski definition) is 1. The number of imidazole rings is 1. The number of benzene rings is 2. The third-order valence-corrected chi connectivity index (χ3v) is 7.02. The van der Waals surface area contributed by atoms with Crippen LogP contribution in [0.15, 0.2) is 42.5 Å². The lowest BCUT2D eigenvalue weighted by atomic mass is 9.91. The zero-order valence-electron chi connectivity index (χ0n) is 20.2. The van der Waals surface area contributed by atoms with Gasteiger partial charge >= 0.3 is 6.18 Å². The summed E-state index contributed by atoms with van der Waals surface area (Å²) in [5, 5.41) is 0.526. The first-order valence-electron chi connectivity index (χ1n) is 12.1. The number of anilines is 2. The average molecular weight is 505 g/mol. The van der Waals surface area contributed by atoms with Gasteiger partial charge in [0.2, 0.25) is 5.95 Å². The highest BCUT2D eigenvalue weighted by molar-refractivity contribution is 6.33. The van der Waals surface area contributed by atoms with Crippen molar-refractivity contribution in [3.05, 3.63) is 75.6 Å². The SMILES string of the molecule is Cc1cc(C)c(N2CCCn3c2nc(C(F)(F)F)c3CC(CCN)CCc2ccccc2)c(Cl)c1. The number of hydrogen-bond acceptors (Lipinski definition) is 3. The molecule has 1 unspecified atom stereocenters. The summed E-state index contributed by atoms with van der Waals surface area (Å²) in [7, 11) is 0. The average Bonchev–Trinajstić information content (AvgIpc) is 3.17. The van der Waals surface area contributed by atoms with Gasteiger partial charge in [0.25, 0.3) is 0 Å². The van der Waals surface area contributed by atoms with Gasteiger partial charge in [0.1, 0.15) is 0 Å². The van der Waals surface area contributed by atoms with Crippen molar-refractivity contribution in [1.29, 1.82) is 0 Å². The molecule has 1 aliphatic rings. The van der Waals surface area contributed by atoms with Crippen molar-refractivity contribution < 1.29 is 13.2 Å². The normalized spacial score (nSPS) is 14.8. The fourth-order valence-electron chi connectivity index (χ4n) is 5.17. The van der Waals surface area contributed by atoms with E-state index in [0.29, 0.717) is 49.9 Å². The summed E-state index contributed by atoms with van der Waals surface area (Å²) >= 11 is 6.58. The lowest BCUT2D eigenvalue weighted by Crippen LogP contribution is -2.30. The predicted molar refractivity (Wildman–Crippen MR) is 135 cm³/mol. The molecule has 0 aliphatic carbocycles. The molecule has 1 atom stereocenters. The van der Waals surface area contributed by atoms with Crippen LogP contribution in [0.4, 0.5) is 24.8 Å². The summed E-state index contributed by atoms with van der Waals surface area (Å²) in [4.78, 5) is 6.04. The van der Waals surface area contributed by atoms with Crippen LogP contribution in [-0.2, 0) is 25.6 Å². The minimum Gasteiger partial charge on any atom is -0.330 e. The van der Waals surface area contributed by atoms with Gasteiger partial charge < -0.3 is 15.2 Å². The summed E-state index contributed by atoms with van der Waals surface area (Å²) in [5.74, 6) is 0.351. The zero-order valence-corrected chi connectivity index (χ0v) is 21.0. The van der Waals surface area contributed by atoms with Gasteiger partial charge in [-0.2, -0.15) is 13.2 Å². The van der Waals surface area contributed by atoms with Crippen LogP contribution in [0.1, 0.15) is 47.3 Å². The van der Waals surface area contributed by atoms with E-state index in [1.807, 2.05) is 61.2 Å². The molecule has 0 amide bonds. The fourth-order valence-corrected chi connectivity index (χ4v) is 5.59. The van der Waals surface area contributed by atoms with Crippen molar-refractivity contribution in [2.24, 2.45) is 11.7 Å². The molecule has 1 aliphatic heterocycles. The van der Waals surface area contributed by atoms with E-state index >= 15 is 0 Å². The molecule has 1 aromatic heterocycles. The first kappa shape index (κ1) is 25.6. The Hall–Kier alpha value is -2.51. The van der Waals surface area contributed by atoms with Gasteiger partial charge in [-0.25, -0.2) is 4.98 Å². The molecule has 0 bridgehead atoms. The molecular weight excluding hydrogens is 473 g/mol. The molecule has 35 heavy (non-hydrogen) atoms. The number of alkyl halides is 3. The molecule has 0 radical (unpaired) electrons. The molecule has 0 saturated heterocycles. The number of aryl methyl sites for hydroxylation is 3. The molecule has 188 valence electrons. The topological polar surface area (TPSA) is 47.1 Å². The largest absolute Gasteiger partial charge is 0.435 e. The van der Waals surface area contributed by atoms with E-state index in [1.54, 1.807) is 4.57 Å². The van der Waals surface area contributed by atoms with Crippen LogP contribution in [0.25, 0.3) is 0 Å². The van der Waals surface area contributed by atoms with E-state index in [1.165, 1.54) is 5.56 Å². The third-order valence-electron chi connectivity index (χ3n) is 6.74. The smallest absolute Gasteiger partial charge is 0.330 e. The van der Waals surface area contributed by atoms with Gasteiger partial charge in [0.05, 0.1) is 16.4 Å².